The van der Waals surface area contributed by atoms with Crippen LogP contribution in [0.25, 0.3) is 0 Å². The van der Waals surface area contributed by atoms with Crippen LogP contribution in [-0.2, 0) is 29.3 Å². The van der Waals surface area contributed by atoms with E-state index < -0.39 is 9.84 Å². The first kappa shape index (κ1) is 24.3. The Bertz CT molecular complexity index is 1010. The van der Waals surface area contributed by atoms with Gasteiger partial charge in [-0.2, -0.15) is 0 Å². The molecule has 0 spiro atoms. The van der Waals surface area contributed by atoms with Crippen molar-refractivity contribution in [2.75, 3.05) is 34.1 Å². The Kier molecular flexibility index (Phi) is 8.36. The summed E-state index contributed by atoms with van der Waals surface area (Å²) >= 11 is 0. The molecule has 7 nitrogen and oxygen atoms in total. The van der Waals surface area contributed by atoms with Gasteiger partial charge in [-0.3, -0.25) is 4.99 Å². The molecule has 3 rings (SSSR count). The first-order valence-electron chi connectivity index (χ1n) is 9.34. The molecule has 0 aliphatic carbocycles. The standard InChI is InChI=1S/C21H27N3O4S.HI/c1-22-21(23-13-15-5-7-18(8-6-15)29(4,25)26)24-10-9-16-11-19(27-2)20(28-3)12-17(16)14-24;/h5-8,11-12H,9-10,13-14H2,1-4H3,(H,22,23);1H. The molecular formula is C21H28IN3O4S. The molecule has 164 valence electrons. The van der Waals surface area contributed by atoms with Crippen LogP contribution >= 0.6 is 24.0 Å². The Morgan fingerprint density at radius 3 is 2.23 bits per heavy atom. The van der Waals surface area contributed by atoms with Crippen molar-refractivity contribution < 1.29 is 17.9 Å². The fourth-order valence-corrected chi connectivity index (χ4v) is 4.06. The number of methoxy groups -OCH3 is 2. The van der Waals surface area contributed by atoms with Crippen LogP contribution in [0.1, 0.15) is 16.7 Å². The number of hydrogen-bond donors (Lipinski definition) is 1. The molecule has 0 bridgehead atoms. The molecule has 30 heavy (non-hydrogen) atoms. The molecule has 2 aromatic carbocycles. The molecule has 0 aromatic heterocycles. The van der Waals surface area contributed by atoms with E-state index in [0.717, 1.165) is 42.5 Å². The number of fused-ring (bicyclic) bond motifs is 1. The summed E-state index contributed by atoms with van der Waals surface area (Å²) in [7, 11) is 1.87. The van der Waals surface area contributed by atoms with Crippen LogP contribution in [0.15, 0.2) is 46.3 Å². The summed E-state index contributed by atoms with van der Waals surface area (Å²) < 4.78 is 34.0. The minimum absolute atomic E-state index is 0. The molecule has 0 radical (unpaired) electrons. The van der Waals surface area contributed by atoms with E-state index in [1.54, 1.807) is 33.4 Å². The number of hydrogen-bond acceptors (Lipinski definition) is 5. The summed E-state index contributed by atoms with van der Waals surface area (Å²) in [5, 5.41) is 3.37. The van der Waals surface area contributed by atoms with Gasteiger partial charge in [-0.25, -0.2) is 8.42 Å². The fraction of sp³-hybridized carbons (Fsp3) is 0.381. The minimum atomic E-state index is -3.18. The maximum atomic E-state index is 11.6. The molecule has 2 aromatic rings. The van der Waals surface area contributed by atoms with Gasteiger partial charge in [0.25, 0.3) is 0 Å². The number of nitrogens with one attached hydrogen (secondary N) is 1. The predicted octanol–water partition coefficient (Wildman–Crippen LogP) is 2.86. The third-order valence-electron chi connectivity index (χ3n) is 5.03. The zero-order valence-corrected chi connectivity index (χ0v) is 20.8. The van der Waals surface area contributed by atoms with Crippen LogP contribution in [0, 0.1) is 0 Å². The van der Waals surface area contributed by atoms with Gasteiger partial charge < -0.3 is 19.7 Å². The van der Waals surface area contributed by atoms with Crippen molar-refractivity contribution in [1.29, 1.82) is 0 Å². The molecule has 1 heterocycles. The van der Waals surface area contributed by atoms with E-state index in [4.69, 9.17) is 9.47 Å². The van der Waals surface area contributed by atoms with E-state index in [9.17, 15) is 8.42 Å². The summed E-state index contributed by atoms with van der Waals surface area (Å²) in [4.78, 5) is 6.93. The molecule has 0 fully saturated rings. The molecule has 1 aliphatic heterocycles. The van der Waals surface area contributed by atoms with Crippen LogP contribution in [0.3, 0.4) is 0 Å². The summed E-state index contributed by atoms with van der Waals surface area (Å²) in [6.45, 7) is 2.13. The van der Waals surface area contributed by atoms with E-state index in [2.05, 4.69) is 15.2 Å². The second kappa shape index (κ2) is 10.3. The number of benzene rings is 2. The summed E-state index contributed by atoms with van der Waals surface area (Å²) in [6.07, 6.45) is 2.10. The lowest BCUT2D eigenvalue weighted by atomic mass is 9.99. The van der Waals surface area contributed by atoms with Gasteiger partial charge >= 0.3 is 0 Å². The third-order valence-corrected chi connectivity index (χ3v) is 6.16. The molecular weight excluding hydrogens is 517 g/mol. The van der Waals surface area contributed by atoms with Crippen LogP contribution < -0.4 is 14.8 Å². The van der Waals surface area contributed by atoms with Crippen LogP contribution in [0.2, 0.25) is 0 Å². The minimum Gasteiger partial charge on any atom is -0.493 e. The zero-order valence-electron chi connectivity index (χ0n) is 17.6. The maximum absolute atomic E-state index is 11.6. The highest BCUT2D eigenvalue weighted by molar-refractivity contribution is 14.0. The second-order valence-corrected chi connectivity index (χ2v) is 8.98. The Labute approximate surface area is 195 Å². The number of halogens is 1. The van der Waals surface area contributed by atoms with E-state index in [1.165, 1.54) is 17.4 Å². The van der Waals surface area contributed by atoms with Gasteiger partial charge in [0.1, 0.15) is 0 Å². The first-order chi connectivity index (χ1) is 13.9. The Balaban J connectivity index is 0.00000320. The molecule has 9 heteroatoms. The molecule has 0 saturated carbocycles. The molecule has 0 amide bonds. The second-order valence-electron chi connectivity index (χ2n) is 6.96. The van der Waals surface area contributed by atoms with Gasteiger partial charge in [0.2, 0.25) is 0 Å². The van der Waals surface area contributed by atoms with Crippen molar-refractivity contribution in [1.82, 2.24) is 10.2 Å². The summed E-state index contributed by atoms with van der Waals surface area (Å²) in [5.74, 6) is 2.28. The van der Waals surface area contributed by atoms with Crippen molar-refractivity contribution in [3.05, 3.63) is 53.1 Å². The summed E-state index contributed by atoms with van der Waals surface area (Å²) in [6, 6.07) is 11.0. The van der Waals surface area contributed by atoms with Gasteiger partial charge in [0.15, 0.2) is 27.3 Å². The highest BCUT2D eigenvalue weighted by Crippen LogP contribution is 2.33. The number of nitrogens with zero attached hydrogens (tertiary/aromatic N) is 2. The van der Waals surface area contributed by atoms with Crippen molar-refractivity contribution in [3.63, 3.8) is 0 Å². The molecule has 1 N–H and O–H groups in total. The van der Waals surface area contributed by atoms with Gasteiger partial charge in [-0.05, 0) is 47.4 Å². The van der Waals surface area contributed by atoms with Crippen molar-refractivity contribution in [3.8, 4) is 11.5 Å². The van der Waals surface area contributed by atoms with E-state index in [-0.39, 0.29) is 24.0 Å². The zero-order chi connectivity index (χ0) is 21.0. The maximum Gasteiger partial charge on any atom is 0.194 e. The SMILES string of the molecule is CN=C(NCc1ccc(S(C)(=O)=O)cc1)N1CCc2cc(OC)c(OC)cc2C1.I. The molecule has 1 aliphatic rings. The number of sulfone groups is 1. The topological polar surface area (TPSA) is 80.2 Å². The molecule has 0 atom stereocenters. The van der Waals surface area contributed by atoms with Crippen LogP contribution in [0.5, 0.6) is 11.5 Å². The number of aliphatic imine (C=N–C) groups is 1. The monoisotopic (exact) mass is 545 g/mol. The Morgan fingerprint density at radius 1 is 1.10 bits per heavy atom. The van der Waals surface area contributed by atoms with Crippen molar-refractivity contribution in [2.24, 2.45) is 4.99 Å². The van der Waals surface area contributed by atoms with Gasteiger partial charge in [-0.15, -0.1) is 24.0 Å². The highest BCUT2D eigenvalue weighted by atomic mass is 127. The first-order valence-corrected chi connectivity index (χ1v) is 11.2. The van der Waals surface area contributed by atoms with Crippen LogP contribution in [-0.4, -0.2) is 53.3 Å². The summed E-state index contributed by atoms with van der Waals surface area (Å²) in [5.41, 5.74) is 3.43. The Morgan fingerprint density at radius 2 is 1.70 bits per heavy atom. The average molecular weight is 545 g/mol. The quantitative estimate of drug-likeness (QED) is 0.354. The Hall–Kier alpha value is -2.01. The average Bonchev–Trinajstić information content (AvgIpc) is 2.72. The largest absolute Gasteiger partial charge is 0.493 e. The third kappa shape index (κ3) is 5.57. The van der Waals surface area contributed by atoms with Crippen molar-refractivity contribution in [2.45, 2.75) is 24.4 Å². The van der Waals surface area contributed by atoms with Gasteiger partial charge in [0.05, 0.1) is 19.1 Å². The van der Waals surface area contributed by atoms with Gasteiger partial charge in [0, 0.05) is 32.9 Å². The lowest BCUT2D eigenvalue weighted by molar-refractivity contribution is 0.346. The van der Waals surface area contributed by atoms with E-state index in [1.807, 2.05) is 24.3 Å². The van der Waals surface area contributed by atoms with Crippen molar-refractivity contribution >= 4 is 39.8 Å². The number of rotatable bonds is 5. The normalized spacial score (nSPS) is 13.9. The molecule has 0 saturated heterocycles. The fourth-order valence-electron chi connectivity index (χ4n) is 3.43. The highest BCUT2D eigenvalue weighted by Gasteiger charge is 2.21. The number of ether oxygens (including phenoxy) is 2. The van der Waals surface area contributed by atoms with Gasteiger partial charge in [-0.1, -0.05) is 12.1 Å². The van der Waals surface area contributed by atoms with E-state index >= 15 is 0 Å². The van der Waals surface area contributed by atoms with Crippen LogP contribution in [0.4, 0.5) is 0 Å². The molecule has 0 unspecified atom stereocenters. The lowest BCUT2D eigenvalue weighted by Crippen LogP contribution is -2.43. The lowest BCUT2D eigenvalue weighted by Gasteiger charge is -2.32. The number of guanidine groups is 1. The van der Waals surface area contributed by atoms with E-state index in [0.29, 0.717) is 11.4 Å². The predicted molar refractivity (Wildman–Crippen MR) is 129 cm³/mol. The smallest absolute Gasteiger partial charge is 0.194 e.